The van der Waals surface area contributed by atoms with E-state index in [1.165, 1.54) is 20.2 Å². The number of nitrogens with one attached hydrogen (secondary N) is 1. The first-order valence-electron chi connectivity index (χ1n) is 5.74. The van der Waals surface area contributed by atoms with Crippen molar-refractivity contribution >= 4 is 48.7 Å². The van der Waals surface area contributed by atoms with E-state index in [0.29, 0.717) is 0 Å². The number of thiophene rings is 1. The highest BCUT2D eigenvalue weighted by Crippen LogP contribution is 2.36. The second kappa shape index (κ2) is 3.43. The van der Waals surface area contributed by atoms with Crippen LogP contribution in [0.2, 0.25) is 0 Å². The summed E-state index contributed by atoms with van der Waals surface area (Å²) >= 11 is 1.77. The minimum absolute atomic E-state index is 0.726. The van der Waals surface area contributed by atoms with Crippen LogP contribution in [-0.2, 0) is 0 Å². The summed E-state index contributed by atoms with van der Waals surface area (Å²) in [5.41, 5.74) is 1.75. The molecule has 0 atom stereocenters. The number of carbonyl (C=O) groups is 1. The number of hydrogen-bond donors (Lipinski definition) is 1. The van der Waals surface area contributed by atoms with Crippen molar-refractivity contribution in [3.05, 3.63) is 48.2 Å². The monoisotopic (exact) mass is 251 g/mol. The van der Waals surface area contributed by atoms with Gasteiger partial charge in [-0.3, -0.25) is 4.79 Å². The summed E-state index contributed by atoms with van der Waals surface area (Å²) in [7, 11) is 0. The van der Waals surface area contributed by atoms with Gasteiger partial charge < -0.3 is 4.98 Å². The van der Waals surface area contributed by atoms with E-state index in [1.807, 2.05) is 0 Å². The van der Waals surface area contributed by atoms with Gasteiger partial charge in [0.25, 0.3) is 0 Å². The first-order valence-corrected chi connectivity index (χ1v) is 6.56. The minimum atomic E-state index is 0.726. The smallest absolute Gasteiger partial charge is 0.152 e. The number of fused-ring (bicyclic) bond motifs is 4. The molecule has 0 fully saturated rings. The summed E-state index contributed by atoms with van der Waals surface area (Å²) in [6.45, 7) is 0. The zero-order valence-corrected chi connectivity index (χ0v) is 10.3. The summed E-state index contributed by atoms with van der Waals surface area (Å²) in [5, 5.41) is 3.54. The molecule has 4 rings (SSSR count). The highest BCUT2D eigenvalue weighted by Gasteiger charge is 2.09. The fourth-order valence-electron chi connectivity index (χ4n) is 2.46. The number of aromatic nitrogens is 1. The van der Waals surface area contributed by atoms with Crippen molar-refractivity contribution in [2.24, 2.45) is 0 Å². The zero-order valence-electron chi connectivity index (χ0n) is 9.44. The van der Waals surface area contributed by atoms with Crippen LogP contribution in [-0.4, -0.2) is 11.3 Å². The Morgan fingerprint density at radius 2 is 1.89 bits per heavy atom. The third-order valence-electron chi connectivity index (χ3n) is 3.34. The van der Waals surface area contributed by atoms with Crippen molar-refractivity contribution < 1.29 is 4.79 Å². The molecular formula is C15H9NOS. The Balaban J connectivity index is 2.24. The Morgan fingerprint density at radius 3 is 2.78 bits per heavy atom. The summed E-state index contributed by atoms with van der Waals surface area (Å²) in [5.74, 6) is 0. The molecule has 2 aromatic heterocycles. The maximum Gasteiger partial charge on any atom is 0.152 e. The fourth-order valence-corrected chi connectivity index (χ4v) is 3.59. The Labute approximate surface area is 107 Å². The van der Waals surface area contributed by atoms with Crippen molar-refractivity contribution in [3.8, 4) is 0 Å². The lowest BCUT2D eigenvalue weighted by Gasteiger charge is -1.93. The number of rotatable bonds is 1. The topological polar surface area (TPSA) is 32.9 Å². The first-order chi connectivity index (χ1) is 8.86. The maximum absolute atomic E-state index is 11.0. The highest BCUT2D eigenvalue weighted by molar-refractivity contribution is 7.25. The van der Waals surface area contributed by atoms with Crippen LogP contribution in [0.3, 0.4) is 0 Å². The molecule has 0 aliphatic heterocycles. The number of carbonyl (C=O) groups excluding carboxylic acids is 1. The van der Waals surface area contributed by atoms with Crippen LogP contribution in [0.25, 0.3) is 31.1 Å². The lowest BCUT2D eigenvalue weighted by atomic mass is 10.1. The number of H-pyrrole nitrogens is 1. The molecule has 2 aromatic carbocycles. The molecule has 18 heavy (non-hydrogen) atoms. The Bertz CT molecular complexity index is 901. The van der Waals surface area contributed by atoms with E-state index in [0.717, 1.165) is 22.8 Å². The Hall–Kier alpha value is -2.13. The summed E-state index contributed by atoms with van der Waals surface area (Å²) in [6, 6.07) is 12.6. The number of aldehydes is 1. The van der Waals surface area contributed by atoms with E-state index in [4.69, 9.17) is 0 Å². The van der Waals surface area contributed by atoms with E-state index in [-0.39, 0.29) is 0 Å². The third kappa shape index (κ3) is 1.19. The molecule has 0 saturated carbocycles. The molecule has 3 heteroatoms. The molecule has 1 N–H and O–H groups in total. The number of benzene rings is 2. The van der Waals surface area contributed by atoms with Crippen LogP contribution in [0.1, 0.15) is 10.4 Å². The zero-order chi connectivity index (χ0) is 12.1. The molecule has 0 spiro atoms. The van der Waals surface area contributed by atoms with E-state index < -0.39 is 0 Å². The molecule has 0 bridgehead atoms. The van der Waals surface area contributed by atoms with E-state index >= 15 is 0 Å². The van der Waals surface area contributed by atoms with Gasteiger partial charge in [-0.1, -0.05) is 18.2 Å². The predicted molar refractivity (Wildman–Crippen MR) is 76.6 cm³/mol. The average Bonchev–Trinajstić information content (AvgIpc) is 2.96. The van der Waals surface area contributed by atoms with Crippen LogP contribution in [0, 0.1) is 0 Å². The molecule has 2 heterocycles. The molecule has 2 nitrogen and oxygen atoms in total. The molecule has 0 aliphatic rings. The van der Waals surface area contributed by atoms with Crippen molar-refractivity contribution in [2.75, 3.05) is 0 Å². The normalized spacial score (nSPS) is 11.6. The van der Waals surface area contributed by atoms with Gasteiger partial charge in [0.2, 0.25) is 0 Å². The average molecular weight is 251 g/mol. The van der Waals surface area contributed by atoms with Crippen LogP contribution in [0.5, 0.6) is 0 Å². The fraction of sp³-hybridized carbons (Fsp3) is 0. The molecule has 4 aromatic rings. The number of hydrogen-bond acceptors (Lipinski definition) is 2. The van der Waals surface area contributed by atoms with Gasteiger partial charge in [0, 0.05) is 42.8 Å². The van der Waals surface area contributed by atoms with Gasteiger partial charge in [-0.2, -0.15) is 0 Å². The molecule has 0 saturated heterocycles. The van der Waals surface area contributed by atoms with Crippen molar-refractivity contribution in [2.45, 2.75) is 0 Å². The third-order valence-corrected chi connectivity index (χ3v) is 4.47. The van der Waals surface area contributed by atoms with Crippen LogP contribution in [0.4, 0.5) is 0 Å². The molecule has 0 amide bonds. The van der Waals surface area contributed by atoms with Crippen LogP contribution < -0.4 is 0 Å². The second-order valence-electron chi connectivity index (χ2n) is 4.35. The summed E-state index contributed by atoms with van der Waals surface area (Å²) in [6.07, 6.45) is 2.67. The maximum atomic E-state index is 11.0. The lowest BCUT2D eigenvalue weighted by Crippen LogP contribution is -1.74. The molecule has 0 aliphatic carbocycles. The Morgan fingerprint density at radius 1 is 1.00 bits per heavy atom. The highest BCUT2D eigenvalue weighted by atomic mass is 32.1. The van der Waals surface area contributed by atoms with Gasteiger partial charge in [-0.15, -0.1) is 11.3 Å². The molecule has 86 valence electrons. The largest absolute Gasteiger partial charge is 0.360 e. The summed E-state index contributed by atoms with van der Waals surface area (Å²) in [4.78, 5) is 14.1. The van der Waals surface area contributed by atoms with Crippen molar-refractivity contribution in [3.63, 3.8) is 0 Å². The SMILES string of the molecule is O=Cc1c[nH]c2cc3c(cc12)sc1ccccc13. The van der Waals surface area contributed by atoms with E-state index in [1.54, 1.807) is 17.5 Å². The van der Waals surface area contributed by atoms with Gasteiger partial charge in [-0.05, 0) is 18.2 Å². The Kier molecular flexibility index (Phi) is 1.88. The predicted octanol–water partition coefficient (Wildman–Crippen LogP) is 4.35. The lowest BCUT2D eigenvalue weighted by molar-refractivity contribution is 0.112. The van der Waals surface area contributed by atoms with Crippen LogP contribution >= 0.6 is 11.3 Å². The van der Waals surface area contributed by atoms with E-state index in [9.17, 15) is 4.79 Å². The van der Waals surface area contributed by atoms with Crippen molar-refractivity contribution in [1.29, 1.82) is 0 Å². The van der Waals surface area contributed by atoms with E-state index in [2.05, 4.69) is 41.4 Å². The second-order valence-corrected chi connectivity index (χ2v) is 5.44. The standard InChI is InChI=1S/C15H9NOS/c17-8-9-7-16-13-5-12-10-3-1-2-4-14(10)18-15(12)6-11(9)13/h1-8,16H. The van der Waals surface area contributed by atoms with Gasteiger partial charge in [0.15, 0.2) is 6.29 Å². The molecular weight excluding hydrogens is 242 g/mol. The van der Waals surface area contributed by atoms with Gasteiger partial charge in [0.1, 0.15) is 0 Å². The van der Waals surface area contributed by atoms with Gasteiger partial charge >= 0.3 is 0 Å². The first kappa shape index (κ1) is 9.85. The van der Waals surface area contributed by atoms with Crippen LogP contribution in [0.15, 0.2) is 42.6 Å². The van der Waals surface area contributed by atoms with Crippen molar-refractivity contribution in [1.82, 2.24) is 4.98 Å². The minimum Gasteiger partial charge on any atom is -0.360 e. The quantitative estimate of drug-likeness (QED) is 0.501. The van der Waals surface area contributed by atoms with Gasteiger partial charge in [0.05, 0.1) is 0 Å². The number of aromatic amines is 1. The van der Waals surface area contributed by atoms with Gasteiger partial charge in [-0.25, -0.2) is 0 Å². The summed E-state index contributed by atoms with van der Waals surface area (Å²) < 4.78 is 2.51. The molecule has 0 unspecified atom stereocenters. The molecule has 0 radical (unpaired) electrons.